The number of pyridine rings is 1. The maximum absolute atomic E-state index is 13.8. The van der Waals surface area contributed by atoms with Crippen LogP contribution < -0.4 is 10.1 Å². The van der Waals surface area contributed by atoms with Crippen LogP contribution in [-0.4, -0.2) is 64.5 Å². The fourth-order valence-corrected chi connectivity index (χ4v) is 4.82. The van der Waals surface area contributed by atoms with Gasteiger partial charge in [-0.15, -0.1) is 0 Å². The predicted octanol–water partition coefficient (Wildman–Crippen LogP) is 4.24. The van der Waals surface area contributed by atoms with Crippen molar-refractivity contribution in [3.8, 4) is 5.75 Å². The highest BCUT2D eigenvalue weighted by Crippen LogP contribution is 2.33. The minimum absolute atomic E-state index is 0.0230. The van der Waals surface area contributed by atoms with Gasteiger partial charge in [0, 0.05) is 50.4 Å². The predicted molar refractivity (Wildman–Crippen MR) is 138 cm³/mol. The van der Waals surface area contributed by atoms with Crippen molar-refractivity contribution in [1.82, 2.24) is 24.3 Å². The normalized spacial score (nSPS) is 14.3. The van der Waals surface area contributed by atoms with Crippen molar-refractivity contribution in [3.63, 3.8) is 0 Å². The molecule has 3 heterocycles. The molecule has 9 heteroatoms. The molecule has 186 valence electrons. The van der Waals surface area contributed by atoms with E-state index in [1.807, 2.05) is 48.7 Å². The monoisotopic (exact) mass is 496 g/mol. The van der Waals surface area contributed by atoms with Crippen LogP contribution in [0, 0.1) is 0 Å². The molecule has 1 amide bonds. The molecule has 3 aromatic rings. The number of anilines is 1. The highest BCUT2D eigenvalue weighted by atomic mass is 35.5. The first kappa shape index (κ1) is 25.0. The van der Waals surface area contributed by atoms with E-state index >= 15 is 0 Å². The first-order valence-corrected chi connectivity index (χ1v) is 12.3. The van der Waals surface area contributed by atoms with E-state index in [0.29, 0.717) is 30.5 Å². The number of benzene rings is 1. The molecule has 0 saturated heterocycles. The van der Waals surface area contributed by atoms with Crippen molar-refractivity contribution in [2.24, 2.45) is 0 Å². The number of halogens is 1. The summed E-state index contributed by atoms with van der Waals surface area (Å²) in [5.41, 5.74) is 4.92. The Morgan fingerprint density at radius 1 is 1.26 bits per heavy atom. The minimum Gasteiger partial charge on any atom is -0.492 e. The average Bonchev–Trinajstić information content (AvgIpc) is 3.27. The van der Waals surface area contributed by atoms with Crippen molar-refractivity contribution in [2.75, 3.05) is 39.6 Å². The Morgan fingerprint density at radius 2 is 2.06 bits per heavy atom. The molecule has 2 aromatic heterocycles. The maximum atomic E-state index is 13.8. The van der Waals surface area contributed by atoms with Crippen LogP contribution in [0.2, 0.25) is 5.02 Å². The highest BCUT2D eigenvalue weighted by Gasteiger charge is 2.31. The summed E-state index contributed by atoms with van der Waals surface area (Å²) in [7, 11) is 5.96. The zero-order valence-electron chi connectivity index (χ0n) is 21.0. The largest absolute Gasteiger partial charge is 0.492 e. The molecular formula is C26H33ClN6O2. The van der Waals surface area contributed by atoms with Crippen molar-refractivity contribution < 1.29 is 9.53 Å². The lowest BCUT2D eigenvalue weighted by atomic mass is 9.90. The van der Waals surface area contributed by atoms with E-state index < -0.39 is 0 Å². The Morgan fingerprint density at radius 3 is 2.77 bits per heavy atom. The summed E-state index contributed by atoms with van der Waals surface area (Å²) in [6.45, 7) is 6.46. The molecule has 0 aliphatic carbocycles. The van der Waals surface area contributed by atoms with Gasteiger partial charge >= 0.3 is 0 Å². The smallest absolute Gasteiger partial charge is 0.254 e. The van der Waals surface area contributed by atoms with Gasteiger partial charge in [0.05, 0.1) is 24.9 Å². The third kappa shape index (κ3) is 5.28. The SMILES string of the molecule is CCOc1cc([C@H](C)N2CCc3c(CN(C)C)cc(Cn4ccnc4NC)cc3C2=O)ncc1Cl. The second-order valence-corrected chi connectivity index (χ2v) is 9.45. The number of carbonyl (C=O) groups is 1. The van der Waals surface area contributed by atoms with Crippen LogP contribution in [0.25, 0.3) is 0 Å². The molecule has 0 bridgehead atoms. The molecular weight excluding hydrogens is 464 g/mol. The number of amides is 1. The number of nitrogens with one attached hydrogen (secondary N) is 1. The molecule has 1 N–H and O–H groups in total. The molecule has 1 aromatic carbocycles. The maximum Gasteiger partial charge on any atom is 0.254 e. The number of rotatable bonds is 9. The van der Waals surface area contributed by atoms with Gasteiger partial charge in [-0.2, -0.15) is 0 Å². The van der Waals surface area contributed by atoms with E-state index in [2.05, 4.69) is 40.3 Å². The van der Waals surface area contributed by atoms with Gasteiger partial charge in [0.2, 0.25) is 5.95 Å². The molecule has 1 atom stereocenters. The van der Waals surface area contributed by atoms with Crippen molar-refractivity contribution in [2.45, 2.75) is 39.4 Å². The van der Waals surface area contributed by atoms with E-state index in [9.17, 15) is 4.79 Å². The van der Waals surface area contributed by atoms with E-state index in [-0.39, 0.29) is 11.9 Å². The Hall–Kier alpha value is -3.10. The molecule has 1 aliphatic rings. The molecule has 0 fully saturated rings. The highest BCUT2D eigenvalue weighted by molar-refractivity contribution is 6.31. The fraction of sp³-hybridized carbons (Fsp3) is 0.423. The van der Waals surface area contributed by atoms with E-state index in [4.69, 9.17) is 16.3 Å². The van der Waals surface area contributed by atoms with Gasteiger partial charge < -0.3 is 24.4 Å². The van der Waals surface area contributed by atoms with Gasteiger partial charge in [0.1, 0.15) is 10.8 Å². The van der Waals surface area contributed by atoms with Gasteiger partial charge in [-0.25, -0.2) is 4.98 Å². The summed E-state index contributed by atoms with van der Waals surface area (Å²) in [5.74, 6) is 1.40. The molecule has 0 unspecified atom stereocenters. The lowest BCUT2D eigenvalue weighted by molar-refractivity contribution is 0.0668. The number of nitrogens with zero attached hydrogens (tertiary/aromatic N) is 5. The Balaban J connectivity index is 1.68. The Labute approximate surface area is 211 Å². The first-order chi connectivity index (χ1) is 16.8. The number of hydrogen-bond donors (Lipinski definition) is 1. The van der Waals surface area contributed by atoms with E-state index in [0.717, 1.165) is 41.3 Å². The minimum atomic E-state index is -0.211. The first-order valence-electron chi connectivity index (χ1n) is 11.9. The zero-order valence-corrected chi connectivity index (χ0v) is 21.8. The van der Waals surface area contributed by atoms with Gasteiger partial charge in [0.15, 0.2) is 0 Å². The number of fused-ring (bicyclic) bond motifs is 1. The molecule has 0 spiro atoms. The topological polar surface area (TPSA) is 75.5 Å². The van der Waals surface area contributed by atoms with Crippen LogP contribution in [0.15, 0.2) is 36.8 Å². The van der Waals surface area contributed by atoms with Crippen LogP contribution in [0.4, 0.5) is 5.95 Å². The third-order valence-electron chi connectivity index (χ3n) is 6.31. The van der Waals surface area contributed by atoms with Crippen molar-refractivity contribution >= 4 is 23.5 Å². The molecule has 35 heavy (non-hydrogen) atoms. The zero-order chi connectivity index (χ0) is 25.1. The standard InChI is InChI=1S/C26H33ClN6O2/c1-6-35-24-13-23(30-14-22(24)27)17(2)33-9-7-20-19(16-31(4)5)11-18(12-21(20)25(33)34)15-32-10-8-29-26(32)28-3/h8,10-14,17H,6-7,9,15-16H2,1-5H3,(H,28,29)/t17-/m0/s1. The summed E-state index contributed by atoms with van der Waals surface area (Å²) in [6, 6.07) is 5.89. The summed E-state index contributed by atoms with van der Waals surface area (Å²) in [4.78, 5) is 26.7. The van der Waals surface area contributed by atoms with E-state index in [1.54, 1.807) is 12.4 Å². The number of carbonyl (C=O) groups excluding carboxylic acids is 1. The van der Waals surface area contributed by atoms with Gasteiger partial charge in [0.25, 0.3) is 5.91 Å². The molecule has 0 saturated carbocycles. The molecule has 8 nitrogen and oxygen atoms in total. The second kappa shape index (κ2) is 10.7. The summed E-state index contributed by atoms with van der Waals surface area (Å²) >= 11 is 6.23. The van der Waals surface area contributed by atoms with Crippen LogP contribution >= 0.6 is 11.6 Å². The lowest BCUT2D eigenvalue weighted by Crippen LogP contribution is -2.40. The third-order valence-corrected chi connectivity index (χ3v) is 6.60. The molecule has 1 aliphatic heterocycles. The fourth-order valence-electron chi connectivity index (χ4n) is 4.67. The molecule has 4 rings (SSSR count). The average molecular weight is 497 g/mol. The van der Waals surface area contributed by atoms with Crippen LogP contribution in [0.3, 0.4) is 0 Å². The lowest BCUT2D eigenvalue weighted by Gasteiger charge is -2.35. The molecule has 0 radical (unpaired) electrons. The summed E-state index contributed by atoms with van der Waals surface area (Å²) in [5, 5.41) is 3.58. The summed E-state index contributed by atoms with van der Waals surface area (Å²) in [6.07, 6.45) is 6.11. The van der Waals surface area contributed by atoms with Crippen LogP contribution in [0.1, 0.15) is 52.6 Å². The van der Waals surface area contributed by atoms with Crippen molar-refractivity contribution in [3.05, 3.63) is 69.8 Å². The van der Waals surface area contributed by atoms with Crippen molar-refractivity contribution in [1.29, 1.82) is 0 Å². The number of aromatic nitrogens is 3. The second-order valence-electron chi connectivity index (χ2n) is 9.04. The van der Waals surface area contributed by atoms with Crippen LogP contribution in [0.5, 0.6) is 5.75 Å². The summed E-state index contributed by atoms with van der Waals surface area (Å²) < 4.78 is 7.69. The quantitative estimate of drug-likeness (QED) is 0.477. The van der Waals surface area contributed by atoms with Gasteiger partial charge in [-0.05, 0) is 57.1 Å². The Kier molecular flexibility index (Phi) is 7.62. The van der Waals surface area contributed by atoms with Crippen LogP contribution in [-0.2, 0) is 19.5 Å². The van der Waals surface area contributed by atoms with E-state index in [1.165, 1.54) is 5.56 Å². The van der Waals surface area contributed by atoms with Gasteiger partial charge in [-0.1, -0.05) is 17.7 Å². The Bertz CT molecular complexity index is 1210. The number of ether oxygens (including phenoxy) is 1. The number of imidazole rings is 1. The van der Waals surface area contributed by atoms with Gasteiger partial charge in [-0.3, -0.25) is 9.78 Å². The number of hydrogen-bond acceptors (Lipinski definition) is 6.